The normalized spacial score (nSPS) is 19.0. The summed E-state index contributed by atoms with van der Waals surface area (Å²) in [6.07, 6.45) is 5.14. The third-order valence-corrected chi connectivity index (χ3v) is 14.6. The maximum absolute atomic E-state index is 14.2. The van der Waals surface area contributed by atoms with Crippen LogP contribution in [0.3, 0.4) is 0 Å². The van der Waals surface area contributed by atoms with Crippen LogP contribution in [0.15, 0.2) is 108 Å². The number of anilines is 1. The molecule has 6 aromatic carbocycles. The molecule has 0 spiro atoms. The molecule has 6 aromatic rings. The van der Waals surface area contributed by atoms with E-state index in [2.05, 4.69) is 75.4 Å². The van der Waals surface area contributed by atoms with Gasteiger partial charge in [-0.2, -0.15) is 4.31 Å². The molecule has 2 fully saturated rings. The number of piperazine rings is 1. The van der Waals surface area contributed by atoms with Gasteiger partial charge in [0, 0.05) is 50.6 Å². The topological polar surface area (TPSA) is 137 Å². The summed E-state index contributed by atoms with van der Waals surface area (Å²) in [5, 5.41) is 16.7. The Morgan fingerprint density at radius 3 is 2.32 bits per heavy atom. The number of fused-ring (bicyclic) bond motifs is 6. The quantitative estimate of drug-likeness (QED) is 0.0791. The van der Waals surface area contributed by atoms with Crippen LogP contribution in [-0.2, 0) is 39.1 Å². The van der Waals surface area contributed by atoms with E-state index in [0.29, 0.717) is 5.69 Å². The number of carbonyl (C=O) groups excluding carboxylic acids is 2. The number of carbonyl (C=O) groups is 2. The standard InChI is InChI=1S/C48H52N6O4S/c49-30-32-14-17-35(18-15-32)59(57,58)54-27-23-51-48(56)45(54)29-46(55)52-47-37-10-2-1-8-33(37)16-19-43(47)39-12-7-13-40-41(39)20-21-42-38-11-4-3-9-36(38)34(28-44(40)42)31-50-22-26-53-24-5-6-25-53/h1-4,8-11,14-21,28,39,45,50H,5-7,12-13,22-27,29-31,49H2,(H,51,56)(H,52,55)/t39-,45-/m1/s1. The Bertz CT molecular complexity index is 2660. The monoisotopic (exact) mass is 808 g/mol. The lowest BCUT2D eigenvalue weighted by atomic mass is 9.75. The van der Waals surface area contributed by atoms with Gasteiger partial charge in [0.05, 0.1) is 17.0 Å². The highest BCUT2D eigenvalue weighted by Gasteiger charge is 2.40. The van der Waals surface area contributed by atoms with Crippen molar-refractivity contribution in [3.05, 3.63) is 131 Å². The summed E-state index contributed by atoms with van der Waals surface area (Å²) in [6.45, 7) is 5.73. The number of aryl methyl sites for hydroxylation is 1. The zero-order chi connectivity index (χ0) is 40.5. The minimum atomic E-state index is -4.08. The van der Waals surface area contributed by atoms with Gasteiger partial charge in [0.2, 0.25) is 21.8 Å². The number of hydrogen-bond donors (Lipinski definition) is 4. The number of hydrogen-bond acceptors (Lipinski definition) is 7. The van der Waals surface area contributed by atoms with Gasteiger partial charge in [0.25, 0.3) is 0 Å². The minimum Gasteiger partial charge on any atom is -0.353 e. The van der Waals surface area contributed by atoms with Crippen LogP contribution in [0, 0.1) is 0 Å². The molecule has 9 rings (SSSR count). The second-order valence-electron chi connectivity index (χ2n) is 16.3. The number of likely N-dealkylation sites (tertiary alicyclic amines) is 1. The van der Waals surface area contributed by atoms with Gasteiger partial charge in [-0.25, -0.2) is 8.42 Å². The van der Waals surface area contributed by atoms with Gasteiger partial charge in [-0.15, -0.1) is 0 Å². The SMILES string of the molecule is NCc1ccc(S(=O)(=O)N2CCNC(=O)[C@H]2CC(=O)Nc2c([C@@H]3CCCc4c3ccc3c4cc(CNCCN4CCCC4)c4ccccc43)ccc3ccccc23)cc1. The van der Waals surface area contributed by atoms with E-state index in [-0.39, 0.29) is 36.9 Å². The molecule has 0 saturated carbocycles. The Hall–Kier alpha value is -5.17. The van der Waals surface area contributed by atoms with Crippen LogP contribution in [0.2, 0.25) is 0 Å². The van der Waals surface area contributed by atoms with E-state index in [0.717, 1.165) is 65.1 Å². The van der Waals surface area contributed by atoms with Crippen molar-refractivity contribution in [1.29, 1.82) is 0 Å². The molecule has 2 amide bonds. The molecule has 304 valence electrons. The van der Waals surface area contributed by atoms with Gasteiger partial charge in [-0.3, -0.25) is 9.59 Å². The van der Waals surface area contributed by atoms with Gasteiger partial charge in [-0.1, -0.05) is 84.9 Å². The summed E-state index contributed by atoms with van der Waals surface area (Å²) in [4.78, 5) is 30.2. The number of sulfonamides is 1. The lowest BCUT2D eigenvalue weighted by Gasteiger charge is -2.34. The van der Waals surface area contributed by atoms with E-state index in [1.165, 1.54) is 76.3 Å². The third kappa shape index (κ3) is 7.74. The molecule has 1 aliphatic carbocycles. The van der Waals surface area contributed by atoms with Crippen molar-refractivity contribution < 1.29 is 18.0 Å². The van der Waals surface area contributed by atoms with Gasteiger partial charge < -0.3 is 26.6 Å². The van der Waals surface area contributed by atoms with E-state index >= 15 is 0 Å². The molecule has 2 heterocycles. The summed E-state index contributed by atoms with van der Waals surface area (Å²) in [6, 6.07) is 33.1. The van der Waals surface area contributed by atoms with E-state index in [1.807, 2.05) is 24.3 Å². The molecule has 0 unspecified atom stereocenters. The Balaban J connectivity index is 1.04. The van der Waals surface area contributed by atoms with Gasteiger partial charge >= 0.3 is 0 Å². The maximum atomic E-state index is 14.2. The molecule has 59 heavy (non-hydrogen) atoms. The van der Waals surface area contributed by atoms with Gasteiger partial charge in [0.1, 0.15) is 6.04 Å². The predicted octanol–water partition coefficient (Wildman–Crippen LogP) is 6.78. The second-order valence-corrected chi connectivity index (χ2v) is 18.1. The first-order valence-electron chi connectivity index (χ1n) is 21.1. The number of rotatable bonds is 12. The van der Waals surface area contributed by atoms with Crippen LogP contribution in [-0.4, -0.2) is 74.7 Å². The molecule has 2 aliphatic heterocycles. The zero-order valence-corrected chi connectivity index (χ0v) is 34.2. The van der Waals surface area contributed by atoms with Crippen LogP contribution in [0.5, 0.6) is 0 Å². The molecular weight excluding hydrogens is 757 g/mol. The first kappa shape index (κ1) is 39.3. The average molecular weight is 809 g/mol. The molecule has 0 aromatic heterocycles. The van der Waals surface area contributed by atoms with Crippen molar-refractivity contribution in [2.24, 2.45) is 5.73 Å². The van der Waals surface area contributed by atoms with Gasteiger partial charge in [0.15, 0.2) is 0 Å². The molecule has 3 aliphatic rings. The highest BCUT2D eigenvalue weighted by atomic mass is 32.2. The first-order valence-corrected chi connectivity index (χ1v) is 22.5. The molecule has 2 atom stereocenters. The Morgan fingerprint density at radius 2 is 1.53 bits per heavy atom. The van der Waals surface area contributed by atoms with Crippen molar-refractivity contribution in [2.45, 2.75) is 68.5 Å². The number of benzene rings is 6. The van der Waals surface area contributed by atoms with Crippen LogP contribution in [0.1, 0.15) is 65.8 Å². The number of nitrogens with one attached hydrogen (secondary N) is 3. The smallest absolute Gasteiger partial charge is 0.243 e. The van der Waals surface area contributed by atoms with E-state index in [9.17, 15) is 18.0 Å². The van der Waals surface area contributed by atoms with Crippen molar-refractivity contribution in [3.63, 3.8) is 0 Å². The molecule has 0 radical (unpaired) electrons. The third-order valence-electron chi connectivity index (χ3n) is 12.7. The first-order chi connectivity index (χ1) is 28.8. The molecule has 2 saturated heterocycles. The molecule has 0 bridgehead atoms. The largest absolute Gasteiger partial charge is 0.353 e. The Labute approximate surface area is 346 Å². The van der Waals surface area contributed by atoms with E-state index in [1.54, 1.807) is 12.1 Å². The fourth-order valence-electron chi connectivity index (χ4n) is 9.70. The summed E-state index contributed by atoms with van der Waals surface area (Å²) < 4.78 is 29.0. The molecule has 11 heteroatoms. The van der Waals surface area contributed by atoms with E-state index < -0.39 is 27.9 Å². The molecular formula is C48H52N6O4S. The lowest BCUT2D eigenvalue weighted by molar-refractivity contribution is -0.130. The summed E-state index contributed by atoms with van der Waals surface area (Å²) in [7, 11) is -4.08. The van der Waals surface area contributed by atoms with Crippen molar-refractivity contribution in [2.75, 3.05) is 44.6 Å². The van der Waals surface area contributed by atoms with Crippen LogP contribution >= 0.6 is 0 Å². The van der Waals surface area contributed by atoms with Crippen LogP contribution in [0.25, 0.3) is 32.3 Å². The summed E-state index contributed by atoms with van der Waals surface area (Å²) in [5.74, 6) is -0.900. The van der Waals surface area contributed by atoms with Crippen LogP contribution in [0.4, 0.5) is 5.69 Å². The summed E-state index contributed by atoms with van der Waals surface area (Å²) >= 11 is 0. The van der Waals surface area contributed by atoms with Crippen molar-refractivity contribution >= 4 is 59.8 Å². The summed E-state index contributed by atoms with van der Waals surface area (Å²) in [5.41, 5.74) is 12.2. The lowest BCUT2D eigenvalue weighted by Crippen LogP contribution is -2.57. The van der Waals surface area contributed by atoms with Crippen molar-refractivity contribution in [1.82, 2.24) is 19.8 Å². The number of nitrogens with two attached hydrogens (primary N) is 1. The van der Waals surface area contributed by atoms with Crippen LogP contribution < -0.4 is 21.7 Å². The number of amides is 2. The maximum Gasteiger partial charge on any atom is 0.243 e. The highest BCUT2D eigenvalue weighted by molar-refractivity contribution is 7.89. The van der Waals surface area contributed by atoms with Crippen molar-refractivity contribution in [3.8, 4) is 0 Å². The predicted molar refractivity (Wildman–Crippen MR) is 236 cm³/mol. The highest BCUT2D eigenvalue weighted by Crippen LogP contribution is 2.45. The minimum absolute atomic E-state index is 0.0166. The van der Waals surface area contributed by atoms with Gasteiger partial charge in [-0.05, 0) is 118 Å². The molecule has 10 nitrogen and oxygen atoms in total. The Kier molecular flexibility index (Phi) is 11.2. The Morgan fingerprint density at radius 1 is 0.797 bits per heavy atom. The molecule has 5 N–H and O–H groups in total. The fraction of sp³-hybridized carbons (Fsp3) is 0.333. The fourth-order valence-corrected chi connectivity index (χ4v) is 11.3. The van der Waals surface area contributed by atoms with E-state index in [4.69, 9.17) is 5.73 Å². The second kappa shape index (κ2) is 16.8. The average Bonchev–Trinajstić information content (AvgIpc) is 3.79. The number of nitrogens with zero attached hydrogens (tertiary/aromatic N) is 2. The zero-order valence-electron chi connectivity index (χ0n) is 33.4.